The minimum absolute atomic E-state index is 0.655. The van der Waals surface area contributed by atoms with Gasteiger partial charge >= 0.3 is 0 Å². The zero-order valence-corrected chi connectivity index (χ0v) is 13.2. The number of hydrogen-bond acceptors (Lipinski definition) is 2. The second-order valence-electron chi connectivity index (χ2n) is 5.41. The normalized spacial score (nSPS) is 14.8. The lowest BCUT2D eigenvalue weighted by Gasteiger charge is -2.17. The van der Waals surface area contributed by atoms with Crippen molar-refractivity contribution in [3.05, 3.63) is 62.6 Å². The van der Waals surface area contributed by atoms with Crippen LogP contribution in [0.2, 0.25) is 0 Å². The van der Waals surface area contributed by atoms with Gasteiger partial charge in [-0.2, -0.15) is 0 Å². The Bertz CT molecular complexity index is 644. The van der Waals surface area contributed by atoms with Crippen LogP contribution in [0, 0.1) is 13.8 Å². The fourth-order valence-corrected chi connectivity index (χ4v) is 3.37. The summed E-state index contributed by atoms with van der Waals surface area (Å²) >= 11 is 3.52. The van der Waals surface area contributed by atoms with Crippen molar-refractivity contribution < 1.29 is 9.84 Å². The third-order valence-corrected chi connectivity index (χ3v) is 4.09. The molecule has 0 bridgehead atoms. The van der Waals surface area contributed by atoms with Crippen LogP contribution in [0.5, 0.6) is 5.75 Å². The van der Waals surface area contributed by atoms with Crippen molar-refractivity contribution >= 4 is 15.9 Å². The van der Waals surface area contributed by atoms with Gasteiger partial charge in [-0.1, -0.05) is 45.3 Å². The zero-order chi connectivity index (χ0) is 14.3. The molecular formula is C17H17BrO2. The average Bonchev–Trinajstić information content (AvgIpc) is 2.83. The fourth-order valence-electron chi connectivity index (χ4n) is 2.85. The van der Waals surface area contributed by atoms with Crippen molar-refractivity contribution in [3.63, 3.8) is 0 Å². The third-order valence-electron chi connectivity index (χ3n) is 3.63. The number of aliphatic hydroxyl groups excluding tert-OH is 1. The maximum atomic E-state index is 10.7. The van der Waals surface area contributed by atoms with E-state index in [1.165, 1.54) is 0 Å². The van der Waals surface area contributed by atoms with E-state index in [-0.39, 0.29) is 0 Å². The molecule has 1 atom stereocenters. The number of fused-ring (bicyclic) bond motifs is 1. The lowest BCUT2D eigenvalue weighted by Crippen LogP contribution is -2.03. The molecule has 0 aliphatic carbocycles. The van der Waals surface area contributed by atoms with E-state index in [1.54, 1.807) is 0 Å². The van der Waals surface area contributed by atoms with Gasteiger partial charge < -0.3 is 9.84 Å². The van der Waals surface area contributed by atoms with Crippen molar-refractivity contribution in [1.29, 1.82) is 0 Å². The lowest BCUT2D eigenvalue weighted by atomic mass is 9.96. The van der Waals surface area contributed by atoms with Crippen molar-refractivity contribution in [2.75, 3.05) is 6.61 Å². The molecule has 104 valence electrons. The van der Waals surface area contributed by atoms with E-state index in [2.05, 4.69) is 28.1 Å². The van der Waals surface area contributed by atoms with E-state index in [0.29, 0.717) is 6.61 Å². The van der Waals surface area contributed by atoms with E-state index in [4.69, 9.17) is 4.74 Å². The molecule has 0 aromatic heterocycles. The molecule has 1 unspecified atom stereocenters. The molecule has 0 amide bonds. The minimum atomic E-state index is -0.655. The molecule has 1 aliphatic heterocycles. The summed E-state index contributed by atoms with van der Waals surface area (Å²) in [5.41, 5.74) is 5.24. The van der Waals surface area contributed by atoms with Gasteiger partial charge in [-0.05, 0) is 37.1 Å². The number of aliphatic hydroxyl groups is 1. The van der Waals surface area contributed by atoms with Crippen LogP contribution in [-0.4, -0.2) is 11.7 Å². The molecule has 20 heavy (non-hydrogen) atoms. The first-order chi connectivity index (χ1) is 9.54. The Hall–Kier alpha value is -1.32. The van der Waals surface area contributed by atoms with Crippen LogP contribution >= 0.6 is 15.9 Å². The molecule has 0 saturated heterocycles. The van der Waals surface area contributed by atoms with Gasteiger partial charge in [0.15, 0.2) is 0 Å². The molecule has 0 saturated carbocycles. The summed E-state index contributed by atoms with van der Waals surface area (Å²) in [6, 6.07) is 10.2. The molecule has 0 fully saturated rings. The Labute approximate surface area is 127 Å². The van der Waals surface area contributed by atoms with Gasteiger partial charge in [0.1, 0.15) is 11.9 Å². The Balaban J connectivity index is 2.08. The molecule has 0 radical (unpaired) electrons. The average molecular weight is 333 g/mol. The Morgan fingerprint density at radius 1 is 1.10 bits per heavy atom. The van der Waals surface area contributed by atoms with Crippen LogP contribution in [-0.2, 0) is 6.42 Å². The Morgan fingerprint density at radius 2 is 1.80 bits per heavy atom. The number of aryl methyl sites for hydroxylation is 2. The summed E-state index contributed by atoms with van der Waals surface area (Å²) in [6.07, 6.45) is 0.249. The van der Waals surface area contributed by atoms with Crippen LogP contribution < -0.4 is 4.74 Å². The van der Waals surface area contributed by atoms with Gasteiger partial charge in [-0.15, -0.1) is 0 Å². The summed E-state index contributed by atoms with van der Waals surface area (Å²) in [7, 11) is 0. The molecule has 0 spiro atoms. The summed E-state index contributed by atoms with van der Waals surface area (Å²) < 4.78 is 6.69. The first kappa shape index (κ1) is 13.7. The fraction of sp³-hybridized carbons (Fsp3) is 0.294. The highest BCUT2D eigenvalue weighted by Crippen LogP contribution is 2.38. The van der Waals surface area contributed by atoms with Crippen LogP contribution in [0.3, 0.4) is 0 Å². The molecule has 3 heteroatoms. The van der Waals surface area contributed by atoms with E-state index in [9.17, 15) is 5.11 Å². The SMILES string of the molecule is Cc1cc(C)cc(C(O)c2cc(Br)cc3c2OCC3)c1. The highest BCUT2D eigenvalue weighted by molar-refractivity contribution is 9.10. The molecular weight excluding hydrogens is 316 g/mol. The summed E-state index contributed by atoms with van der Waals surface area (Å²) in [5, 5.41) is 10.7. The first-order valence-corrected chi connectivity index (χ1v) is 7.55. The second kappa shape index (κ2) is 5.23. The van der Waals surface area contributed by atoms with Gasteiger partial charge in [0.05, 0.1) is 6.61 Å². The van der Waals surface area contributed by atoms with Gasteiger partial charge in [-0.25, -0.2) is 0 Å². The van der Waals surface area contributed by atoms with Crippen LogP contribution in [0.1, 0.15) is 33.9 Å². The molecule has 2 aromatic carbocycles. The van der Waals surface area contributed by atoms with Crippen LogP contribution in [0.25, 0.3) is 0 Å². The zero-order valence-electron chi connectivity index (χ0n) is 11.6. The van der Waals surface area contributed by atoms with Gasteiger partial charge in [0.25, 0.3) is 0 Å². The van der Waals surface area contributed by atoms with E-state index in [0.717, 1.165) is 44.5 Å². The largest absolute Gasteiger partial charge is 0.493 e. The Kier molecular flexibility index (Phi) is 3.57. The monoisotopic (exact) mass is 332 g/mol. The second-order valence-corrected chi connectivity index (χ2v) is 6.32. The molecule has 3 rings (SSSR count). The highest BCUT2D eigenvalue weighted by Gasteiger charge is 2.23. The van der Waals surface area contributed by atoms with Crippen molar-refractivity contribution in [2.24, 2.45) is 0 Å². The van der Waals surface area contributed by atoms with Crippen LogP contribution in [0.4, 0.5) is 0 Å². The molecule has 1 aliphatic rings. The number of rotatable bonds is 2. The Morgan fingerprint density at radius 3 is 2.50 bits per heavy atom. The van der Waals surface area contributed by atoms with Crippen molar-refractivity contribution in [1.82, 2.24) is 0 Å². The number of ether oxygens (including phenoxy) is 1. The predicted molar refractivity (Wildman–Crippen MR) is 83.3 cm³/mol. The van der Waals surface area contributed by atoms with Crippen molar-refractivity contribution in [3.8, 4) is 5.75 Å². The molecule has 1 N–H and O–H groups in total. The third kappa shape index (κ3) is 2.48. The van der Waals surface area contributed by atoms with Gasteiger partial charge in [-0.3, -0.25) is 0 Å². The summed E-state index contributed by atoms with van der Waals surface area (Å²) in [4.78, 5) is 0. The smallest absolute Gasteiger partial charge is 0.128 e. The maximum absolute atomic E-state index is 10.7. The van der Waals surface area contributed by atoms with Crippen LogP contribution in [0.15, 0.2) is 34.8 Å². The van der Waals surface area contributed by atoms with Crippen molar-refractivity contribution in [2.45, 2.75) is 26.4 Å². The number of hydrogen-bond donors (Lipinski definition) is 1. The molecule has 2 aromatic rings. The maximum Gasteiger partial charge on any atom is 0.128 e. The van der Waals surface area contributed by atoms with E-state index >= 15 is 0 Å². The van der Waals surface area contributed by atoms with Gasteiger partial charge in [0.2, 0.25) is 0 Å². The standard InChI is InChI=1S/C17H17BrO2/c1-10-5-11(2)7-13(6-10)16(19)15-9-14(18)8-12-3-4-20-17(12)15/h5-9,16,19H,3-4H2,1-2H3. The lowest BCUT2D eigenvalue weighted by molar-refractivity contribution is 0.213. The topological polar surface area (TPSA) is 29.5 Å². The number of benzene rings is 2. The quantitative estimate of drug-likeness (QED) is 0.897. The minimum Gasteiger partial charge on any atom is -0.493 e. The van der Waals surface area contributed by atoms with Gasteiger partial charge in [0, 0.05) is 16.5 Å². The molecule has 2 nitrogen and oxygen atoms in total. The summed E-state index contributed by atoms with van der Waals surface area (Å²) in [5.74, 6) is 0.847. The van der Waals surface area contributed by atoms with E-state index in [1.807, 2.05) is 32.0 Å². The summed E-state index contributed by atoms with van der Waals surface area (Å²) in [6.45, 7) is 4.79. The number of halogens is 1. The molecule has 1 heterocycles. The predicted octanol–water partition coefficient (Wildman–Crippen LogP) is 4.08. The van der Waals surface area contributed by atoms with E-state index < -0.39 is 6.10 Å². The highest BCUT2D eigenvalue weighted by atomic mass is 79.9. The first-order valence-electron chi connectivity index (χ1n) is 6.76.